The second-order valence-electron chi connectivity index (χ2n) is 4.24. The van der Waals surface area contributed by atoms with Gasteiger partial charge in [-0.15, -0.1) is 0 Å². The summed E-state index contributed by atoms with van der Waals surface area (Å²) in [5.74, 6) is -0.572. The van der Waals surface area contributed by atoms with Crippen LogP contribution in [0, 0.1) is 10.1 Å². The van der Waals surface area contributed by atoms with Crippen molar-refractivity contribution in [3.8, 4) is 0 Å². The molecule has 2 rings (SSSR count). The molecule has 1 aliphatic heterocycles. The fourth-order valence-electron chi connectivity index (χ4n) is 1.91. The smallest absolute Gasteiger partial charge is 0.270 e. The number of hydrogen-bond acceptors (Lipinski definition) is 4. The van der Waals surface area contributed by atoms with E-state index in [4.69, 9.17) is 0 Å². The van der Waals surface area contributed by atoms with Gasteiger partial charge in [0.1, 0.15) is 0 Å². The molecule has 1 aliphatic rings. The molecular formula is C12H13N3O4. The number of rotatable bonds is 2. The van der Waals surface area contributed by atoms with Crippen LogP contribution in [-0.4, -0.2) is 41.3 Å². The van der Waals surface area contributed by atoms with Crippen molar-refractivity contribution in [3.63, 3.8) is 0 Å². The Bertz CT molecular complexity index is 529. The Morgan fingerprint density at radius 3 is 2.95 bits per heavy atom. The quantitative estimate of drug-likeness (QED) is 0.623. The fraction of sp³-hybridized carbons (Fsp3) is 0.333. The Morgan fingerprint density at radius 2 is 2.21 bits per heavy atom. The molecule has 0 radical (unpaired) electrons. The van der Waals surface area contributed by atoms with Gasteiger partial charge in [-0.1, -0.05) is 6.07 Å². The Labute approximate surface area is 109 Å². The van der Waals surface area contributed by atoms with Gasteiger partial charge in [0.2, 0.25) is 5.91 Å². The Balaban J connectivity index is 2.20. The summed E-state index contributed by atoms with van der Waals surface area (Å²) in [7, 11) is 0. The predicted octanol–water partition coefficient (Wildman–Crippen LogP) is 0.557. The van der Waals surface area contributed by atoms with Crippen LogP contribution in [0.3, 0.4) is 0 Å². The van der Waals surface area contributed by atoms with Crippen LogP contribution in [0.4, 0.5) is 5.69 Å². The molecule has 1 fully saturated rings. The van der Waals surface area contributed by atoms with E-state index in [1.54, 1.807) is 0 Å². The molecule has 0 aromatic heterocycles. The van der Waals surface area contributed by atoms with Gasteiger partial charge in [-0.2, -0.15) is 0 Å². The number of non-ortho nitro benzene ring substituents is 1. The first-order valence-corrected chi connectivity index (χ1v) is 5.88. The van der Waals surface area contributed by atoms with Gasteiger partial charge >= 0.3 is 0 Å². The van der Waals surface area contributed by atoms with Gasteiger partial charge in [-0.05, 0) is 12.5 Å². The summed E-state index contributed by atoms with van der Waals surface area (Å²) in [6, 6.07) is 5.53. The SMILES string of the molecule is O=C1CN(C(=O)c2cccc([N+](=O)[O-])c2)CCCN1. The third-order valence-electron chi connectivity index (χ3n) is 2.85. The Morgan fingerprint density at radius 1 is 1.42 bits per heavy atom. The molecule has 1 heterocycles. The van der Waals surface area contributed by atoms with Crippen molar-refractivity contribution in [2.75, 3.05) is 19.6 Å². The number of nitro benzene ring substituents is 1. The van der Waals surface area contributed by atoms with Crippen LogP contribution in [0.1, 0.15) is 16.8 Å². The monoisotopic (exact) mass is 263 g/mol. The molecule has 0 atom stereocenters. The normalized spacial score (nSPS) is 15.6. The summed E-state index contributed by atoms with van der Waals surface area (Å²) in [6.07, 6.45) is 0.673. The molecule has 100 valence electrons. The van der Waals surface area contributed by atoms with Gasteiger partial charge in [0.05, 0.1) is 11.5 Å². The molecule has 1 saturated heterocycles. The second kappa shape index (κ2) is 5.47. The summed E-state index contributed by atoms with van der Waals surface area (Å²) < 4.78 is 0. The Hall–Kier alpha value is -2.44. The van der Waals surface area contributed by atoms with E-state index in [1.165, 1.54) is 29.2 Å². The van der Waals surface area contributed by atoms with Crippen LogP contribution in [-0.2, 0) is 4.79 Å². The topological polar surface area (TPSA) is 92.5 Å². The van der Waals surface area contributed by atoms with Crippen molar-refractivity contribution in [2.24, 2.45) is 0 Å². The third-order valence-corrected chi connectivity index (χ3v) is 2.85. The van der Waals surface area contributed by atoms with E-state index in [0.29, 0.717) is 19.5 Å². The molecule has 19 heavy (non-hydrogen) atoms. The zero-order chi connectivity index (χ0) is 13.8. The van der Waals surface area contributed by atoms with Crippen molar-refractivity contribution < 1.29 is 14.5 Å². The predicted molar refractivity (Wildman–Crippen MR) is 66.6 cm³/mol. The minimum atomic E-state index is -0.550. The summed E-state index contributed by atoms with van der Waals surface area (Å²) >= 11 is 0. The summed E-state index contributed by atoms with van der Waals surface area (Å²) in [4.78, 5) is 35.1. The maximum Gasteiger partial charge on any atom is 0.270 e. The molecule has 0 spiro atoms. The van der Waals surface area contributed by atoms with Gasteiger partial charge < -0.3 is 10.2 Å². The molecule has 7 heteroatoms. The average Bonchev–Trinajstić information content (AvgIpc) is 2.62. The highest BCUT2D eigenvalue weighted by atomic mass is 16.6. The first-order valence-electron chi connectivity index (χ1n) is 5.88. The number of hydrogen-bond donors (Lipinski definition) is 1. The highest BCUT2D eigenvalue weighted by Gasteiger charge is 2.22. The number of carbonyl (C=O) groups is 2. The standard InChI is InChI=1S/C12H13N3O4/c16-11-8-14(6-2-5-13-11)12(17)9-3-1-4-10(7-9)15(18)19/h1,3-4,7H,2,5-6,8H2,(H,13,16). The lowest BCUT2D eigenvalue weighted by atomic mass is 10.1. The molecule has 0 aliphatic carbocycles. The highest BCUT2D eigenvalue weighted by molar-refractivity contribution is 5.97. The fourth-order valence-corrected chi connectivity index (χ4v) is 1.91. The summed E-state index contributed by atoms with van der Waals surface area (Å²) in [5.41, 5.74) is 0.0917. The van der Waals surface area contributed by atoms with Crippen molar-refractivity contribution in [1.29, 1.82) is 0 Å². The molecule has 7 nitrogen and oxygen atoms in total. The van der Waals surface area contributed by atoms with E-state index in [2.05, 4.69) is 5.32 Å². The molecule has 0 saturated carbocycles. The first-order chi connectivity index (χ1) is 9.08. The van der Waals surface area contributed by atoms with E-state index in [0.717, 1.165) is 0 Å². The highest BCUT2D eigenvalue weighted by Crippen LogP contribution is 2.15. The Kier molecular flexibility index (Phi) is 3.74. The largest absolute Gasteiger partial charge is 0.354 e. The van der Waals surface area contributed by atoms with Crippen LogP contribution in [0.15, 0.2) is 24.3 Å². The van der Waals surface area contributed by atoms with E-state index >= 15 is 0 Å². The van der Waals surface area contributed by atoms with Crippen LogP contribution in [0.2, 0.25) is 0 Å². The van der Waals surface area contributed by atoms with Crippen molar-refractivity contribution in [3.05, 3.63) is 39.9 Å². The van der Waals surface area contributed by atoms with Gasteiger partial charge in [-0.25, -0.2) is 0 Å². The van der Waals surface area contributed by atoms with Crippen molar-refractivity contribution >= 4 is 17.5 Å². The number of amides is 2. The van der Waals surface area contributed by atoms with Crippen molar-refractivity contribution in [1.82, 2.24) is 10.2 Å². The zero-order valence-electron chi connectivity index (χ0n) is 10.2. The molecule has 1 N–H and O–H groups in total. The van der Waals surface area contributed by atoms with Crippen molar-refractivity contribution in [2.45, 2.75) is 6.42 Å². The van der Waals surface area contributed by atoms with Gasteiger partial charge in [0, 0.05) is 30.8 Å². The molecule has 0 bridgehead atoms. The molecule has 1 aromatic carbocycles. The van der Waals surface area contributed by atoms with Gasteiger partial charge in [-0.3, -0.25) is 19.7 Å². The number of benzene rings is 1. The number of carbonyl (C=O) groups excluding carboxylic acids is 2. The lowest BCUT2D eigenvalue weighted by Crippen LogP contribution is -2.37. The third kappa shape index (κ3) is 3.06. The molecule has 0 unspecified atom stereocenters. The molecular weight excluding hydrogens is 250 g/mol. The summed E-state index contributed by atoms with van der Waals surface area (Å²) in [5, 5.41) is 13.3. The van der Waals surface area contributed by atoms with Crippen LogP contribution < -0.4 is 5.32 Å². The maximum atomic E-state index is 12.2. The van der Waals surface area contributed by atoms with E-state index in [9.17, 15) is 19.7 Å². The number of nitro groups is 1. The number of nitrogens with zero attached hydrogens (tertiary/aromatic N) is 2. The van der Waals surface area contributed by atoms with Crippen LogP contribution in [0.25, 0.3) is 0 Å². The second-order valence-corrected chi connectivity index (χ2v) is 4.24. The van der Waals surface area contributed by atoms with Gasteiger partial charge in [0.25, 0.3) is 11.6 Å². The lowest BCUT2D eigenvalue weighted by molar-refractivity contribution is -0.384. The number of nitrogens with one attached hydrogen (secondary N) is 1. The van der Waals surface area contributed by atoms with Crippen LogP contribution in [0.5, 0.6) is 0 Å². The van der Waals surface area contributed by atoms with E-state index in [-0.39, 0.29) is 29.6 Å². The lowest BCUT2D eigenvalue weighted by Gasteiger charge is -2.18. The van der Waals surface area contributed by atoms with Crippen LogP contribution >= 0.6 is 0 Å². The molecule has 1 aromatic rings. The molecule has 2 amide bonds. The zero-order valence-corrected chi connectivity index (χ0v) is 10.2. The maximum absolute atomic E-state index is 12.2. The first kappa shape index (κ1) is 13.0. The van der Waals surface area contributed by atoms with E-state index in [1.807, 2.05) is 0 Å². The van der Waals surface area contributed by atoms with Gasteiger partial charge in [0.15, 0.2) is 0 Å². The average molecular weight is 263 g/mol. The summed E-state index contributed by atoms with van der Waals surface area (Å²) in [6.45, 7) is 0.985. The van der Waals surface area contributed by atoms with E-state index < -0.39 is 4.92 Å². The minimum absolute atomic E-state index is 0.0124. The minimum Gasteiger partial charge on any atom is -0.354 e.